The largest absolute Gasteiger partial charge is 0.507 e. The molecule has 0 bridgehead atoms. The fraction of sp³-hybridized carbons (Fsp3) is 0.760. The molecule has 0 aliphatic rings. The van der Waals surface area contributed by atoms with Crippen molar-refractivity contribution < 1.29 is 70.5 Å². The molecule has 0 aromatic heterocycles. The Balaban J connectivity index is 5.20. The van der Waals surface area contributed by atoms with Gasteiger partial charge >= 0.3 is 44.6 Å². The Morgan fingerprint density at radius 1 is 0.439 bits per heavy atom. The lowest BCUT2D eigenvalue weighted by molar-refractivity contribution is -0.156. The summed E-state index contributed by atoms with van der Waals surface area (Å²) in [6, 6.07) is 0. The van der Waals surface area contributed by atoms with Gasteiger partial charge in [-0.05, 0) is 20.8 Å². The summed E-state index contributed by atoms with van der Waals surface area (Å²) >= 11 is 0. The zero-order chi connectivity index (χ0) is 31.3. The van der Waals surface area contributed by atoms with Crippen molar-refractivity contribution in [2.24, 2.45) is 0 Å². The molecule has 0 aromatic rings. The van der Waals surface area contributed by atoms with Crippen LogP contribution in [-0.2, 0) is 70.5 Å². The molecule has 0 rings (SSSR count). The molecule has 0 heterocycles. The lowest BCUT2D eigenvalue weighted by Gasteiger charge is -2.39. The summed E-state index contributed by atoms with van der Waals surface area (Å²) in [5.74, 6) is -4.59. The smallest absolute Gasteiger partial charge is 0.466 e. The molecule has 0 aliphatic heterocycles. The number of ether oxygens (including phenoxy) is 6. The Morgan fingerprint density at radius 3 is 0.902 bits per heavy atom. The minimum absolute atomic E-state index is 0.125. The number of esters is 6. The first-order valence-corrected chi connectivity index (χ1v) is 14.9. The number of carbonyl (C=O) groups is 6. The maximum absolute atomic E-state index is 11.8. The Labute approximate surface area is 240 Å². The van der Waals surface area contributed by atoms with Crippen LogP contribution in [0.4, 0.5) is 0 Å². The second-order valence-corrected chi connectivity index (χ2v) is 12.4. The molecule has 0 fully saturated rings. The first-order chi connectivity index (χ1) is 19.3. The van der Waals surface area contributed by atoms with Crippen molar-refractivity contribution in [1.29, 1.82) is 0 Å². The third kappa shape index (κ3) is 17.4. The van der Waals surface area contributed by atoms with Crippen LogP contribution >= 0.6 is 0 Å². The summed E-state index contributed by atoms with van der Waals surface area (Å²) in [6.45, 7) is 9.26. The van der Waals surface area contributed by atoms with Crippen LogP contribution in [0.3, 0.4) is 0 Å². The van der Waals surface area contributed by atoms with Crippen molar-refractivity contribution in [3.8, 4) is 0 Å². The highest BCUT2D eigenvalue weighted by atomic mass is 28.4. The van der Waals surface area contributed by atoms with Crippen molar-refractivity contribution in [3.05, 3.63) is 0 Å². The van der Waals surface area contributed by atoms with E-state index in [0.717, 1.165) is 0 Å². The van der Waals surface area contributed by atoms with E-state index < -0.39 is 68.9 Å². The quantitative estimate of drug-likeness (QED) is 0.0594. The average Bonchev–Trinajstić information content (AvgIpc) is 2.86. The molecule has 0 amide bonds. The van der Waals surface area contributed by atoms with Crippen LogP contribution in [0.2, 0.25) is 5.04 Å². The second-order valence-electron chi connectivity index (χ2n) is 8.96. The minimum Gasteiger partial charge on any atom is -0.466 e. The van der Waals surface area contributed by atoms with Gasteiger partial charge in [-0.2, -0.15) is 0 Å². The fourth-order valence-corrected chi connectivity index (χ4v) is 5.52. The number of hydrogen-bond acceptors (Lipinski definition) is 15. The van der Waals surface area contributed by atoms with Crippen molar-refractivity contribution in [1.82, 2.24) is 0 Å². The number of carbonyl (C=O) groups excluding carboxylic acids is 6. The average molecular weight is 611 g/mol. The predicted octanol–water partition coefficient (Wildman–Crippen LogP) is 1.26. The topological polar surface area (TPSA) is 185 Å². The normalized spacial score (nSPS) is 11.3. The van der Waals surface area contributed by atoms with E-state index in [1.165, 1.54) is 0 Å². The maximum Gasteiger partial charge on any atom is 0.507 e. The molecule has 16 heteroatoms. The molecule has 236 valence electrons. The summed E-state index contributed by atoms with van der Waals surface area (Å²) in [5, 5.41) is -0.772. The second kappa shape index (κ2) is 20.7. The Kier molecular flexibility index (Phi) is 19.2. The standard InChI is InChI=1S/C25H42O15Si/c1-7-32-19(26)16-22(29)35-10-13-38-41(25(4,5)6,39-14-11-36-23(30)17-20(27)33-8-2)40-15-12-37-24(31)18-21(28)34-9-3/h7-18H2,1-6H3. The van der Waals surface area contributed by atoms with Gasteiger partial charge < -0.3 is 41.7 Å². The fourth-order valence-electron chi connectivity index (χ4n) is 2.91. The van der Waals surface area contributed by atoms with Crippen LogP contribution in [0, 0.1) is 0 Å². The molecule has 0 spiro atoms. The van der Waals surface area contributed by atoms with Crippen LogP contribution in [0.25, 0.3) is 0 Å². The van der Waals surface area contributed by atoms with Crippen LogP contribution in [-0.4, -0.2) is 104 Å². The van der Waals surface area contributed by atoms with E-state index in [1.807, 2.05) is 0 Å². The van der Waals surface area contributed by atoms with E-state index in [9.17, 15) is 28.8 Å². The minimum atomic E-state index is -3.70. The SMILES string of the molecule is CCOC(=O)CC(=O)OCCO[Si](OCCOC(=O)CC(=O)OCC)(OCCOC(=O)CC(=O)OCC)C(C)(C)C. The molecule has 0 saturated carbocycles. The molecular formula is C25H42O15Si. The van der Waals surface area contributed by atoms with Crippen LogP contribution in [0.15, 0.2) is 0 Å². The van der Waals surface area contributed by atoms with Gasteiger partial charge in [-0.3, -0.25) is 28.8 Å². The zero-order valence-electron chi connectivity index (χ0n) is 24.6. The van der Waals surface area contributed by atoms with Gasteiger partial charge in [-0.1, -0.05) is 20.8 Å². The van der Waals surface area contributed by atoms with E-state index in [0.29, 0.717) is 0 Å². The Bertz CT molecular complexity index is 755. The van der Waals surface area contributed by atoms with E-state index in [1.54, 1.807) is 41.5 Å². The van der Waals surface area contributed by atoms with Gasteiger partial charge in [-0.15, -0.1) is 0 Å². The van der Waals surface area contributed by atoms with Crippen LogP contribution in [0.5, 0.6) is 0 Å². The Morgan fingerprint density at radius 2 is 0.683 bits per heavy atom. The summed E-state index contributed by atoms with van der Waals surface area (Å²) in [6.07, 6.45) is -1.68. The summed E-state index contributed by atoms with van der Waals surface area (Å²) in [4.78, 5) is 69.8. The van der Waals surface area contributed by atoms with Crippen LogP contribution in [0.1, 0.15) is 60.8 Å². The maximum atomic E-state index is 11.8. The molecule has 0 unspecified atom stereocenters. The van der Waals surface area contributed by atoms with Crippen molar-refractivity contribution in [2.45, 2.75) is 65.8 Å². The zero-order valence-corrected chi connectivity index (χ0v) is 25.6. The van der Waals surface area contributed by atoms with Gasteiger partial charge in [0.05, 0.1) is 39.6 Å². The summed E-state index contributed by atoms with van der Waals surface area (Å²) in [7, 11) is -3.70. The van der Waals surface area contributed by atoms with E-state index in [4.69, 9.17) is 41.7 Å². The summed E-state index contributed by atoms with van der Waals surface area (Å²) in [5.41, 5.74) is 0. The Hall–Kier alpha value is -3.08. The lowest BCUT2D eigenvalue weighted by atomic mass is 10.3. The van der Waals surface area contributed by atoms with Gasteiger partial charge in [0.1, 0.15) is 39.1 Å². The lowest BCUT2D eigenvalue weighted by Crippen LogP contribution is -2.55. The predicted molar refractivity (Wildman–Crippen MR) is 140 cm³/mol. The third-order valence-corrected chi connectivity index (χ3v) is 8.21. The highest BCUT2D eigenvalue weighted by Gasteiger charge is 2.53. The molecule has 0 radical (unpaired) electrons. The van der Waals surface area contributed by atoms with Crippen LogP contribution < -0.4 is 0 Å². The van der Waals surface area contributed by atoms with Gasteiger partial charge in [0.2, 0.25) is 0 Å². The van der Waals surface area contributed by atoms with Gasteiger partial charge in [0.15, 0.2) is 0 Å². The monoisotopic (exact) mass is 610 g/mol. The first kappa shape index (κ1) is 37.9. The molecule has 0 N–H and O–H groups in total. The van der Waals surface area contributed by atoms with Crippen molar-refractivity contribution >= 4 is 44.6 Å². The van der Waals surface area contributed by atoms with Gasteiger partial charge in [-0.25, -0.2) is 0 Å². The molecule has 0 aromatic carbocycles. The van der Waals surface area contributed by atoms with Gasteiger partial charge in [0.25, 0.3) is 0 Å². The molecule has 0 atom stereocenters. The molecule has 15 nitrogen and oxygen atoms in total. The molecule has 0 saturated heterocycles. The third-order valence-electron chi connectivity index (χ3n) is 4.62. The van der Waals surface area contributed by atoms with E-state index in [-0.39, 0.29) is 59.5 Å². The summed E-state index contributed by atoms with van der Waals surface area (Å²) < 4.78 is 47.1. The van der Waals surface area contributed by atoms with E-state index in [2.05, 4.69) is 0 Å². The van der Waals surface area contributed by atoms with Gasteiger partial charge in [0, 0.05) is 5.04 Å². The number of hydrogen-bond donors (Lipinski definition) is 0. The highest BCUT2D eigenvalue weighted by molar-refractivity contribution is 6.64. The van der Waals surface area contributed by atoms with Crippen molar-refractivity contribution in [3.63, 3.8) is 0 Å². The first-order valence-electron chi connectivity index (χ1n) is 13.2. The highest BCUT2D eigenvalue weighted by Crippen LogP contribution is 2.38. The van der Waals surface area contributed by atoms with Crippen molar-refractivity contribution in [2.75, 3.05) is 59.5 Å². The molecule has 0 aliphatic carbocycles. The number of rotatable bonds is 21. The van der Waals surface area contributed by atoms with E-state index >= 15 is 0 Å². The molecular weight excluding hydrogens is 568 g/mol. The molecule has 41 heavy (non-hydrogen) atoms.